The van der Waals surface area contributed by atoms with Crippen molar-refractivity contribution in [3.63, 3.8) is 0 Å². The third kappa shape index (κ3) is 10.5. The second-order valence-electron chi connectivity index (χ2n) is 5.53. The molecule has 0 saturated carbocycles. The van der Waals surface area contributed by atoms with Crippen molar-refractivity contribution < 1.29 is 49.8 Å². The fourth-order valence-corrected chi connectivity index (χ4v) is 1.73. The van der Waals surface area contributed by atoms with Crippen LogP contribution in [0.15, 0.2) is 48.5 Å². The van der Waals surface area contributed by atoms with Gasteiger partial charge in [0.25, 0.3) is 0 Å². The van der Waals surface area contributed by atoms with E-state index in [1.807, 2.05) is 0 Å². The highest BCUT2D eigenvalue weighted by atomic mass is 16.4. The molecule has 0 fully saturated rings. The van der Waals surface area contributed by atoms with E-state index in [9.17, 15) is 19.2 Å². The highest BCUT2D eigenvalue weighted by Gasteiger charge is 2.05. The number of carboxylic acids is 4. The molecule has 0 spiro atoms. The number of aliphatic hydroxyl groups excluding tert-OH is 2. The second kappa shape index (κ2) is 14.3. The fourth-order valence-electron chi connectivity index (χ4n) is 1.73. The maximum Gasteiger partial charge on any atom is 0.335 e. The van der Waals surface area contributed by atoms with Gasteiger partial charge in [0.2, 0.25) is 0 Å². The first-order chi connectivity index (χ1) is 14.1. The first-order valence-corrected chi connectivity index (χ1v) is 8.49. The predicted octanol–water partition coefficient (Wildman–Crippen LogP) is 1.92. The van der Waals surface area contributed by atoms with Gasteiger partial charge in [0, 0.05) is 13.2 Å². The van der Waals surface area contributed by atoms with E-state index >= 15 is 0 Å². The molecule has 0 aromatic heterocycles. The summed E-state index contributed by atoms with van der Waals surface area (Å²) in [4.78, 5) is 41.3. The van der Waals surface area contributed by atoms with Crippen LogP contribution in [-0.4, -0.2) is 67.7 Å². The van der Waals surface area contributed by atoms with Crippen molar-refractivity contribution in [2.75, 3.05) is 13.2 Å². The zero-order valence-electron chi connectivity index (χ0n) is 15.8. The molecule has 0 aliphatic heterocycles. The van der Waals surface area contributed by atoms with Crippen molar-refractivity contribution in [1.29, 1.82) is 0 Å². The van der Waals surface area contributed by atoms with Crippen LogP contribution < -0.4 is 0 Å². The predicted molar refractivity (Wildman–Crippen MR) is 104 cm³/mol. The SMILES string of the molecule is O=C(O)c1ccc(C(=O)O)cc1.O=C(O)c1ccc(C(=O)O)cc1.OCCCCO. The van der Waals surface area contributed by atoms with Gasteiger partial charge in [-0.15, -0.1) is 0 Å². The Labute approximate surface area is 171 Å². The summed E-state index contributed by atoms with van der Waals surface area (Å²) >= 11 is 0. The molecule has 0 amide bonds. The van der Waals surface area contributed by atoms with Gasteiger partial charge in [-0.25, -0.2) is 19.2 Å². The summed E-state index contributed by atoms with van der Waals surface area (Å²) < 4.78 is 0. The normalized spacial score (nSPS) is 9.27. The van der Waals surface area contributed by atoms with Crippen LogP contribution in [0.5, 0.6) is 0 Å². The number of rotatable bonds is 7. The number of aliphatic hydroxyl groups is 2. The molecule has 2 aromatic rings. The van der Waals surface area contributed by atoms with Crippen LogP contribution in [0.3, 0.4) is 0 Å². The molecule has 6 N–H and O–H groups in total. The number of aromatic carboxylic acids is 4. The van der Waals surface area contributed by atoms with Gasteiger partial charge in [-0.2, -0.15) is 0 Å². The van der Waals surface area contributed by atoms with Crippen LogP contribution in [0, 0.1) is 0 Å². The first kappa shape index (κ1) is 26.2. The standard InChI is InChI=1S/2C8H6O4.C4H10O2/c2*9-7(10)5-1-2-6(4-3-5)8(11)12;5-3-1-2-4-6/h2*1-4H,(H,9,10)(H,11,12);5-6H,1-4H2. The number of carbonyl (C=O) groups is 4. The van der Waals surface area contributed by atoms with Crippen LogP contribution in [0.4, 0.5) is 0 Å². The molecule has 162 valence electrons. The topological polar surface area (TPSA) is 190 Å². The van der Waals surface area contributed by atoms with E-state index in [1.54, 1.807) is 0 Å². The smallest absolute Gasteiger partial charge is 0.335 e. The van der Waals surface area contributed by atoms with Crippen molar-refractivity contribution in [3.8, 4) is 0 Å². The second-order valence-corrected chi connectivity index (χ2v) is 5.53. The Morgan fingerprint density at radius 3 is 0.733 bits per heavy atom. The molecular weight excluding hydrogens is 400 g/mol. The lowest BCUT2D eigenvalue weighted by molar-refractivity contribution is 0.0681. The summed E-state index contributed by atoms with van der Waals surface area (Å²) in [6.07, 6.45) is 1.44. The largest absolute Gasteiger partial charge is 0.478 e. The van der Waals surface area contributed by atoms with Gasteiger partial charge in [0.15, 0.2) is 0 Å². The molecule has 0 aliphatic carbocycles. The van der Waals surface area contributed by atoms with E-state index in [0.717, 1.165) is 12.8 Å². The van der Waals surface area contributed by atoms with Crippen molar-refractivity contribution in [2.24, 2.45) is 0 Å². The van der Waals surface area contributed by atoms with Crippen molar-refractivity contribution in [3.05, 3.63) is 70.8 Å². The number of benzene rings is 2. The average molecular weight is 422 g/mol. The van der Waals surface area contributed by atoms with E-state index < -0.39 is 23.9 Å². The Kier molecular flexibility index (Phi) is 12.5. The van der Waals surface area contributed by atoms with Crippen molar-refractivity contribution in [1.82, 2.24) is 0 Å². The van der Waals surface area contributed by atoms with Gasteiger partial charge >= 0.3 is 23.9 Å². The maximum atomic E-state index is 10.3. The number of hydrogen-bond donors (Lipinski definition) is 6. The molecule has 0 heterocycles. The van der Waals surface area contributed by atoms with Crippen LogP contribution in [0.1, 0.15) is 54.3 Å². The van der Waals surface area contributed by atoms with Crippen molar-refractivity contribution in [2.45, 2.75) is 12.8 Å². The first-order valence-electron chi connectivity index (χ1n) is 8.49. The summed E-state index contributed by atoms with van der Waals surface area (Å²) in [5.41, 5.74) is 0.333. The number of carboxylic acid groups (broad SMARTS) is 4. The molecule has 0 radical (unpaired) electrons. The molecule has 2 rings (SSSR count). The van der Waals surface area contributed by atoms with Crippen LogP contribution in [0.25, 0.3) is 0 Å². The molecular formula is C20H22O10. The molecule has 0 unspecified atom stereocenters. The monoisotopic (exact) mass is 422 g/mol. The lowest BCUT2D eigenvalue weighted by Crippen LogP contribution is -1.99. The van der Waals surface area contributed by atoms with E-state index in [0.29, 0.717) is 0 Å². The lowest BCUT2D eigenvalue weighted by Gasteiger charge is -1.94. The third-order valence-corrected chi connectivity index (χ3v) is 3.32. The number of unbranched alkanes of at least 4 members (excludes halogenated alkanes) is 1. The van der Waals surface area contributed by atoms with E-state index in [4.69, 9.17) is 30.6 Å². The zero-order chi connectivity index (χ0) is 23.1. The van der Waals surface area contributed by atoms with E-state index in [2.05, 4.69) is 0 Å². The third-order valence-electron chi connectivity index (χ3n) is 3.32. The van der Waals surface area contributed by atoms with Gasteiger partial charge < -0.3 is 30.6 Å². The minimum Gasteiger partial charge on any atom is -0.478 e. The Hall–Kier alpha value is -3.76. The summed E-state index contributed by atoms with van der Waals surface area (Å²) in [6, 6.07) is 10.0. The summed E-state index contributed by atoms with van der Waals surface area (Å²) in [7, 11) is 0. The molecule has 0 aliphatic rings. The molecule has 0 saturated heterocycles. The summed E-state index contributed by atoms with van der Waals surface area (Å²) in [5, 5.41) is 50.0. The summed E-state index contributed by atoms with van der Waals surface area (Å²) in [6.45, 7) is 0.390. The fraction of sp³-hybridized carbons (Fsp3) is 0.200. The Morgan fingerprint density at radius 2 is 0.633 bits per heavy atom. The van der Waals surface area contributed by atoms with E-state index in [-0.39, 0.29) is 35.5 Å². The average Bonchev–Trinajstić information content (AvgIpc) is 2.73. The molecule has 0 atom stereocenters. The number of hydrogen-bond acceptors (Lipinski definition) is 6. The van der Waals surface area contributed by atoms with Gasteiger partial charge in [0.1, 0.15) is 0 Å². The summed E-state index contributed by atoms with van der Waals surface area (Å²) in [5.74, 6) is -4.25. The Morgan fingerprint density at radius 1 is 0.467 bits per heavy atom. The Bertz CT molecular complexity index is 688. The van der Waals surface area contributed by atoms with Crippen LogP contribution >= 0.6 is 0 Å². The van der Waals surface area contributed by atoms with Gasteiger partial charge in [-0.1, -0.05) is 0 Å². The zero-order valence-corrected chi connectivity index (χ0v) is 15.8. The van der Waals surface area contributed by atoms with Gasteiger partial charge in [-0.3, -0.25) is 0 Å². The molecule has 10 nitrogen and oxygen atoms in total. The Balaban J connectivity index is 0.000000447. The minimum absolute atomic E-state index is 0.0833. The molecule has 10 heteroatoms. The molecule has 2 aromatic carbocycles. The highest BCUT2D eigenvalue weighted by Crippen LogP contribution is 2.04. The highest BCUT2D eigenvalue weighted by molar-refractivity contribution is 5.92. The van der Waals surface area contributed by atoms with Gasteiger partial charge in [-0.05, 0) is 61.4 Å². The van der Waals surface area contributed by atoms with E-state index in [1.165, 1.54) is 48.5 Å². The van der Waals surface area contributed by atoms with Gasteiger partial charge in [0.05, 0.1) is 22.3 Å². The molecule has 30 heavy (non-hydrogen) atoms. The quantitative estimate of drug-likeness (QED) is 0.359. The maximum absolute atomic E-state index is 10.3. The minimum atomic E-state index is -1.06. The lowest BCUT2D eigenvalue weighted by atomic mass is 10.1. The van der Waals surface area contributed by atoms with Crippen LogP contribution in [0.2, 0.25) is 0 Å². The molecule has 0 bridgehead atoms. The van der Waals surface area contributed by atoms with Crippen LogP contribution in [-0.2, 0) is 0 Å². The van der Waals surface area contributed by atoms with Crippen molar-refractivity contribution >= 4 is 23.9 Å².